The van der Waals surface area contributed by atoms with E-state index in [4.69, 9.17) is 4.74 Å². The normalized spacial score (nSPS) is 11.0. The third kappa shape index (κ3) is 3.69. The second-order valence-electron chi connectivity index (χ2n) is 5.44. The number of rotatable bonds is 7. The number of nitrogens with zero attached hydrogens (tertiary/aromatic N) is 5. The molecule has 0 saturated carbocycles. The van der Waals surface area contributed by atoms with Crippen molar-refractivity contribution in [1.29, 1.82) is 0 Å². The summed E-state index contributed by atoms with van der Waals surface area (Å²) in [5.41, 5.74) is 0. The molecule has 0 aliphatic carbocycles. The van der Waals surface area contributed by atoms with Crippen LogP contribution in [0.15, 0.2) is 64.9 Å². The van der Waals surface area contributed by atoms with Crippen LogP contribution in [-0.2, 0) is 13.2 Å². The Morgan fingerprint density at radius 3 is 2.96 bits per heavy atom. The van der Waals surface area contributed by atoms with Crippen LogP contribution < -0.4 is 4.74 Å². The predicted molar refractivity (Wildman–Crippen MR) is 102 cm³/mol. The number of hydrogen-bond acceptors (Lipinski definition) is 7. The van der Waals surface area contributed by atoms with Gasteiger partial charge >= 0.3 is 0 Å². The van der Waals surface area contributed by atoms with Crippen molar-refractivity contribution >= 4 is 33.3 Å². The summed E-state index contributed by atoms with van der Waals surface area (Å²) >= 11 is 2.96. The van der Waals surface area contributed by atoms with Crippen LogP contribution in [0.2, 0.25) is 0 Å². The van der Waals surface area contributed by atoms with Crippen molar-refractivity contribution in [2.45, 2.75) is 23.3 Å². The van der Waals surface area contributed by atoms with E-state index in [1.54, 1.807) is 35.6 Å². The van der Waals surface area contributed by atoms with E-state index in [0.717, 1.165) is 15.2 Å². The Kier molecular flexibility index (Phi) is 5.12. The van der Waals surface area contributed by atoms with E-state index in [1.807, 2.05) is 16.0 Å². The minimum Gasteiger partial charge on any atom is -0.483 e. The number of fused-ring (bicyclic) bond motifs is 1. The highest BCUT2D eigenvalue weighted by atomic mass is 32.2. The van der Waals surface area contributed by atoms with Gasteiger partial charge in [0.05, 0.1) is 0 Å². The molecule has 0 atom stereocenters. The highest BCUT2D eigenvalue weighted by molar-refractivity contribution is 7.99. The largest absolute Gasteiger partial charge is 0.483 e. The molecule has 0 aliphatic heterocycles. The fraction of sp³-hybridized carbons (Fsp3) is 0.111. The highest BCUT2D eigenvalue weighted by Crippen LogP contribution is 2.32. The van der Waals surface area contributed by atoms with Crippen molar-refractivity contribution in [3.63, 3.8) is 0 Å². The number of thiophene rings is 1. The van der Waals surface area contributed by atoms with Gasteiger partial charge in [-0.2, -0.15) is 0 Å². The third-order valence-corrected chi connectivity index (χ3v) is 5.54. The summed E-state index contributed by atoms with van der Waals surface area (Å²) in [5, 5.41) is 12.9. The van der Waals surface area contributed by atoms with Gasteiger partial charge in [0.1, 0.15) is 22.8 Å². The average Bonchev–Trinajstić information content (AvgIpc) is 3.30. The van der Waals surface area contributed by atoms with Gasteiger partial charge in [-0.3, -0.25) is 4.57 Å². The second kappa shape index (κ2) is 7.85. The maximum absolute atomic E-state index is 13.8. The van der Waals surface area contributed by atoms with E-state index in [-0.39, 0.29) is 12.4 Å². The van der Waals surface area contributed by atoms with Crippen LogP contribution in [0.5, 0.6) is 5.75 Å². The molecule has 1 aromatic carbocycles. The van der Waals surface area contributed by atoms with Crippen LogP contribution in [-0.4, -0.2) is 24.7 Å². The molecule has 0 N–H and O–H groups in total. The molecule has 0 saturated heterocycles. The maximum Gasteiger partial charge on any atom is 0.197 e. The van der Waals surface area contributed by atoms with Gasteiger partial charge < -0.3 is 4.74 Å². The summed E-state index contributed by atoms with van der Waals surface area (Å²) in [6.45, 7) is 4.39. The minimum absolute atomic E-state index is 0.0972. The van der Waals surface area contributed by atoms with Crippen molar-refractivity contribution in [2.24, 2.45) is 0 Å². The molecule has 9 heteroatoms. The first kappa shape index (κ1) is 17.6. The van der Waals surface area contributed by atoms with E-state index in [2.05, 4.69) is 26.7 Å². The van der Waals surface area contributed by atoms with Gasteiger partial charge in [0.25, 0.3) is 0 Å². The number of aromatic nitrogens is 5. The summed E-state index contributed by atoms with van der Waals surface area (Å²) in [6, 6.07) is 8.25. The minimum atomic E-state index is -0.414. The monoisotopic (exact) mass is 399 g/mol. The Morgan fingerprint density at radius 2 is 2.11 bits per heavy atom. The molecular weight excluding hydrogens is 385 g/mol. The van der Waals surface area contributed by atoms with Gasteiger partial charge in [0, 0.05) is 11.9 Å². The third-order valence-electron chi connectivity index (χ3n) is 3.71. The van der Waals surface area contributed by atoms with Crippen LogP contribution >= 0.6 is 23.1 Å². The molecule has 0 radical (unpaired) electrons. The quantitative estimate of drug-likeness (QED) is 0.340. The zero-order valence-corrected chi connectivity index (χ0v) is 15.7. The zero-order chi connectivity index (χ0) is 18.6. The van der Waals surface area contributed by atoms with Crippen LogP contribution in [0.3, 0.4) is 0 Å². The van der Waals surface area contributed by atoms with Crippen LogP contribution in [0.4, 0.5) is 4.39 Å². The average molecular weight is 399 g/mol. The Balaban J connectivity index is 1.59. The molecular formula is C18H14FN5OS2. The van der Waals surface area contributed by atoms with Gasteiger partial charge in [0.2, 0.25) is 0 Å². The molecule has 0 spiro atoms. The van der Waals surface area contributed by atoms with Crippen LogP contribution in [0, 0.1) is 5.82 Å². The molecule has 4 aromatic rings. The topological polar surface area (TPSA) is 65.7 Å². The molecule has 0 amide bonds. The Labute approximate surface area is 162 Å². The lowest BCUT2D eigenvalue weighted by atomic mass is 10.3. The van der Waals surface area contributed by atoms with E-state index in [1.165, 1.54) is 24.2 Å². The second-order valence-corrected chi connectivity index (χ2v) is 7.29. The van der Waals surface area contributed by atoms with Crippen LogP contribution in [0.25, 0.3) is 10.2 Å². The highest BCUT2D eigenvalue weighted by Gasteiger charge is 2.16. The Hall–Kier alpha value is -2.78. The molecule has 3 heterocycles. The molecule has 6 nitrogen and oxygen atoms in total. The lowest BCUT2D eigenvalue weighted by Gasteiger charge is -2.09. The fourth-order valence-corrected chi connectivity index (χ4v) is 4.17. The summed E-state index contributed by atoms with van der Waals surface area (Å²) in [6.07, 6.45) is 3.29. The van der Waals surface area contributed by atoms with Crippen molar-refractivity contribution in [3.05, 3.63) is 66.3 Å². The molecule has 0 aliphatic rings. The standard InChI is InChI=1S/C18H14FN5OS2/c1-2-8-24-15(10-25-14-6-4-3-5-13(14)19)22-23-18(24)27-17-12-7-9-26-16(12)20-11-21-17/h2-7,9,11H,1,8,10H2. The molecule has 0 unspecified atom stereocenters. The van der Waals surface area contributed by atoms with Gasteiger partial charge in [0.15, 0.2) is 22.5 Å². The fourth-order valence-electron chi connectivity index (χ4n) is 2.45. The first-order valence-electron chi connectivity index (χ1n) is 8.02. The maximum atomic E-state index is 13.8. The molecule has 4 rings (SSSR count). The summed E-state index contributed by atoms with van der Waals surface area (Å²) < 4.78 is 21.2. The number of hydrogen-bond donors (Lipinski definition) is 0. The summed E-state index contributed by atoms with van der Waals surface area (Å²) in [5.74, 6) is 0.342. The van der Waals surface area contributed by atoms with Crippen molar-refractivity contribution < 1.29 is 9.13 Å². The van der Waals surface area contributed by atoms with Gasteiger partial charge in [-0.1, -0.05) is 18.2 Å². The van der Waals surface area contributed by atoms with E-state index in [0.29, 0.717) is 17.5 Å². The molecule has 0 fully saturated rings. The van der Waals surface area contributed by atoms with Crippen LogP contribution in [0.1, 0.15) is 5.82 Å². The lowest BCUT2D eigenvalue weighted by Crippen LogP contribution is -2.08. The van der Waals surface area contributed by atoms with Crippen molar-refractivity contribution in [3.8, 4) is 5.75 Å². The first-order chi connectivity index (χ1) is 13.3. The number of ether oxygens (including phenoxy) is 1. The summed E-state index contributed by atoms with van der Waals surface area (Å²) in [4.78, 5) is 9.54. The Morgan fingerprint density at radius 1 is 1.22 bits per heavy atom. The van der Waals surface area contributed by atoms with Crippen molar-refractivity contribution in [1.82, 2.24) is 24.7 Å². The first-order valence-corrected chi connectivity index (χ1v) is 9.72. The molecule has 27 heavy (non-hydrogen) atoms. The van der Waals surface area contributed by atoms with Gasteiger partial charge in [-0.25, -0.2) is 14.4 Å². The lowest BCUT2D eigenvalue weighted by molar-refractivity contribution is 0.275. The molecule has 136 valence electrons. The molecule has 3 aromatic heterocycles. The number of benzene rings is 1. The van der Waals surface area contributed by atoms with Crippen molar-refractivity contribution in [2.75, 3.05) is 0 Å². The van der Waals surface area contributed by atoms with E-state index >= 15 is 0 Å². The SMILES string of the molecule is C=CCn1c(COc2ccccc2F)nnc1Sc1ncnc2sccc12. The summed E-state index contributed by atoms with van der Waals surface area (Å²) in [7, 11) is 0. The number of para-hydroxylation sites is 1. The Bertz CT molecular complexity index is 1090. The number of allylic oxidation sites excluding steroid dienone is 1. The number of halogens is 1. The van der Waals surface area contributed by atoms with Gasteiger partial charge in [-0.15, -0.1) is 28.1 Å². The van der Waals surface area contributed by atoms with E-state index in [9.17, 15) is 4.39 Å². The smallest absolute Gasteiger partial charge is 0.197 e. The predicted octanol–water partition coefficient (Wildman–Crippen LogP) is 4.34. The molecule has 0 bridgehead atoms. The van der Waals surface area contributed by atoms with Gasteiger partial charge in [-0.05, 0) is 35.3 Å². The zero-order valence-electron chi connectivity index (χ0n) is 14.1. The van der Waals surface area contributed by atoms with E-state index < -0.39 is 5.82 Å².